The lowest BCUT2D eigenvalue weighted by atomic mass is 9.90. The van der Waals surface area contributed by atoms with Gasteiger partial charge in [0.05, 0.1) is 0 Å². The molecule has 0 bridgehead atoms. The topological polar surface area (TPSA) is 87.7 Å². The Hall–Kier alpha value is -1.30. The van der Waals surface area contributed by atoms with Crippen LogP contribution in [-0.4, -0.2) is 41.4 Å². The van der Waals surface area contributed by atoms with Gasteiger partial charge in [-0.25, -0.2) is 9.59 Å². The summed E-state index contributed by atoms with van der Waals surface area (Å²) in [5.41, 5.74) is -1.59. The molecule has 17 heavy (non-hydrogen) atoms. The molecule has 0 unspecified atom stereocenters. The Labute approximate surface area is 101 Å². The van der Waals surface area contributed by atoms with Gasteiger partial charge in [-0.1, -0.05) is 0 Å². The predicted molar refractivity (Wildman–Crippen MR) is 61.8 cm³/mol. The molecule has 1 heterocycles. The fraction of sp³-hybridized carbons (Fsp3) is 0.818. The van der Waals surface area contributed by atoms with Crippen LogP contribution >= 0.6 is 0 Å². The second-order valence-corrected chi connectivity index (χ2v) is 5.33. The molecule has 3 N–H and O–H groups in total. The van der Waals surface area contributed by atoms with Crippen LogP contribution in [0.15, 0.2) is 0 Å². The van der Waals surface area contributed by atoms with E-state index in [1.165, 1.54) is 0 Å². The Morgan fingerprint density at radius 2 is 1.76 bits per heavy atom. The number of aliphatic carboxylic acids is 1. The highest BCUT2D eigenvalue weighted by Crippen LogP contribution is 2.21. The van der Waals surface area contributed by atoms with E-state index in [-0.39, 0.29) is 0 Å². The van der Waals surface area contributed by atoms with Crippen molar-refractivity contribution in [3.63, 3.8) is 0 Å². The van der Waals surface area contributed by atoms with Gasteiger partial charge in [0.25, 0.3) is 0 Å². The van der Waals surface area contributed by atoms with Crippen molar-refractivity contribution in [2.24, 2.45) is 0 Å². The van der Waals surface area contributed by atoms with Gasteiger partial charge in [-0.3, -0.25) is 0 Å². The van der Waals surface area contributed by atoms with Crippen molar-refractivity contribution in [3.05, 3.63) is 0 Å². The number of amides is 2. The molecular weight excluding hydrogens is 224 g/mol. The molecular formula is C11H20N2O4. The molecule has 1 fully saturated rings. The van der Waals surface area contributed by atoms with E-state index in [1.54, 1.807) is 0 Å². The molecule has 6 nitrogen and oxygen atoms in total. The van der Waals surface area contributed by atoms with Gasteiger partial charge in [0, 0.05) is 31.6 Å². The number of hydrogen-bond acceptors (Lipinski definition) is 3. The number of ether oxygens (including phenoxy) is 1. The molecule has 1 aliphatic rings. The van der Waals surface area contributed by atoms with Gasteiger partial charge >= 0.3 is 12.0 Å². The number of carboxylic acid groups (broad SMARTS) is 1. The third kappa shape index (κ3) is 3.89. The van der Waals surface area contributed by atoms with E-state index in [1.807, 2.05) is 20.8 Å². The maximum Gasteiger partial charge on any atom is 0.329 e. The average Bonchev–Trinajstić information content (AvgIpc) is 2.15. The molecule has 0 aromatic carbocycles. The zero-order chi connectivity index (χ0) is 13.1. The maximum absolute atomic E-state index is 11.7. The SMILES string of the molecule is CC(C)(C)NC(=O)NC1(C(=O)O)CCOCC1. The molecule has 0 radical (unpaired) electrons. The van der Waals surface area contributed by atoms with E-state index in [0.29, 0.717) is 26.1 Å². The number of urea groups is 1. The van der Waals surface area contributed by atoms with Crippen LogP contribution in [0.2, 0.25) is 0 Å². The quantitative estimate of drug-likeness (QED) is 0.668. The van der Waals surface area contributed by atoms with E-state index in [9.17, 15) is 14.7 Å². The first-order valence-corrected chi connectivity index (χ1v) is 5.67. The van der Waals surface area contributed by atoms with Crippen molar-refractivity contribution >= 4 is 12.0 Å². The maximum atomic E-state index is 11.7. The molecule has 0 aromatic heterocycles. The van der Waals surface area contributed by atoms with Gasteiger partial charge in [0.1, 0.15) is 5.54 Å². The summed E-state index contributed by atoms with van der Waals surface area (Å²) in [5, 5.41) is 14.5. The zero-order valence-electron chi connectivity index (χ0n) is 10.5. The summed E-state index contributed by atoms with van der Waals surface area (Å²) in [6.07, 6.45) is 0.583. The monoisotopic (exact) mass is 244 g/mol. The van der Waals surface area contributed by atoms with Crippen LogP contribution in [0.5, 0.6) is 0 Å². The van der Waals surface area contributed by atoms with Gasteiger partial charge in [-0.15, -0.1) is 0 Å². The van der Waals surface area contributed by atoms with Crippen LogP contribution in [0.25, 0.3) is 0 Å². The van der Waals surface area contributed by atoms with Gasteiger partial charge < -0.3 is 20.5 Å². The molecule has 1 rings (SSSR count). The normalized spacial score (nSPS) is 19.5. The first-order chi connectivity index (χ1) is 7.75. The minimum Gasteiger partial charge on any atom is -0.480 e. The predicted octanol–water partition coefficient (Wildman–Crippen LogP) is 0.718. The highest BCUT2D eigenvalue weighted by Gasteiger charge is 2.41. The molecule has 1 saturated heterocycles. The molecule has 0 atom stereocenters. The van der Waals surface area contributed by atoms with Crippen molar-refractivity contribution < 1.29 is 19.4 Å². The highest BCUT2D eigenvalue weighted by atomic mass is 16.5. The zero-order valence-corrected chi connectivity index (χ0v) is 10.5. The van der Waals surface area contributed by atoms with E-state index < -0.39 is 23.1 Å². The summed E-state index contributed by atoms with van der Waals surface area (Å²) in [7, 11) is 0. The number of carbonyl (C=O) groups excluding carboxylic acids is 1. The third-order valence-corrected chi connectivity index (χ3v) is 2.60. The van der Waals surface area contributed by atoms with Crippen LogP contribution in [0.4, 0.5) is 4.79 Å². The van der Waals surface area contributed by atoms with Crippen LogP contribution in [0.3, 0.4) is 0 Å². The second kappa shape index (κ2) is 4.91. The van der Waals surface area contributed by atoms with Gasteiger partial charge in [-0.05, 0) is 20.8 Å². The lowest BCUT2D eigenvalue weighted by Gasteiger charge is -2.35. The minimum atomic E-state index is -1.20. The van der Waals surface area contributed by atoms with E-state index in [2.05, 4.69) is 10.6 Å². The van der Waals surface area contributed by atoms with Gasteiger partial charge in [0.15, 0.2) is 0 Å². The lowest BCUT2D eigenvalue weighted by Crippen LogP contribution is -2.61. The molecule has 98 valence electrons. The fourth-order valence-corrected chi connectivity index (χ4v) is 1.70. The Kier molecular flexibility index (Phi) is 3.98. The Morgan fingerprint density at radius 1 is 1.24 bits per heavy atom. The number of hydrogen-bond donors (Lipinski definition) is 3. The largest absolute Gasteiger partial charge is 0.480 e. The van der Waals surface area contributed by atoms with Crippen LogP contribution < -0.4 is 10.6 Å². The van der Waals surface area contributed by atoms with E-state index in [0.717, 1.165) is 0 Å². The summed E-state index contributed by atoms with van der Waals surface area (Å²) >= 11 is 0. The number of carboxylic acids is 1. The summed E-state index contributed by atoms with van der Waals surface area (Å²) in [4.78, 5) is 23.0. The van der Waals surface area contributed by atoms with Crippen molar-refractivity contribution in [2.45, 2.75) is 44.7 Å². The van der Waals surface area contributed by atoms with Crippen LogP contribution in [-0.2, 0) is 9.53 Å². The first kappa shape index (κ1) is 13.8. The summed E-state index contributed by atoms with van der Waals surface area (Å²) in [6, 6.07) is -0.457. The molecule has 2 amide bonds. The average molecular weight is 244 g/mol. The minimum absolute atomic E-state index is 0.292. The molecule has 0 spiro atoms. The molecule has 6 heteroatoms. The van der Waals surface area contributed by atoms with Crippen LogP contribution in [0, 0.1) is 0 Å². The van der Waals surface area contributed by atoms with Gasteiger partial charge in [-0.2, -0.15) is 0 Å². The molecule has 1 aliphatic heterocycles. The molecule has 0 aromatic rings. The number of rotatable bonds is 2. The molecule has 0 saturated carbocycles. The van der Waals surface area contributed by atoms with Crippen molar-refractivity contribution in [1.82, 2.24) is 10.6 Å². The lowest BCUT2D eigenvalue weighted by molar-refractivity contribution is -0.148. The third-order valence-electron chi connectivity index (χ3n) is 2.60. The Morgan fingerprint density at radius 3 is 2.18 bits per heavy atom. The van der Waals surface area contributed by atoms with E-state index in [4.69, 9.17) is 4.74 Å². The smallest absolute Gasteiger partial charge is 0.329 e. The van der Waals surface area contributed by atoms with Crippen molar-refractivity contribution in [2.75, 3.05) is 13.2 Å². The second-order valence-electron chi connectivity index (χ2n) is 5.33. The fourth-order valence-electron chi connectivity index (χ4n) is 1.70. The van der Waals surface area contributed by atoms with Gasteiger partial charge in [0.2, 0.25) is 0 Å². The molecule has 0 aliphatic carbocycles. The first-order valence-electron chi connectivity index (χ1n) is 5.67. The number of carbonyl (C=O) groups is 2. The summed E-state index contributed by atoms with van der Waals surface area (Å²) < 4.78 is 5.12. The summed E-state index contributed by atoms with van der Waals surface area (Å²) in [5.74, 6) is -1.01. The Balaban J connectivity index is 2.67. The standard InChI is InChI=1S/C11H20N2O4/c1-10(2,3)12-9(16)13-11(8(14)15)4-6-17-7-5-11/h4-7H2,1-3H3,(H,14,15)(H2,12,13,16). The van der Waals surface area contributed by atoms with Crippen molar-refractivity contribution in [3.8, 4) is 0 Å². The van der Waals surface area contributed by atoms with Crippen molar-refractivity contribution in [1.29, 1.82) is 0 Å². The number of nitrogens with one attached hydrogen (secondary N) is 2. The highest BCUT2D eigenvalue weighted by molar-refractivity contribution is 5.86. The summed E-state index contributed by atoms with van der Waals surface area (Å²) in [6.45, 7) is 6.21. The Bertz CT molecular complexity index is 303. The van der Waals surface area contributed by atoms with E-state index >= 15 is 0 Å². The van der Waals surface area contributed by atoms with Crippen LogP contribution in [0.1, 0.15) is 33.6 Å².